The zero-order chi connectivity index (χ0) is 43.6. The van der Waals surface area contributed by atoms with Gasteiger partial charge in [-0.2, -0.15) is 0 Å². The molecule has 0 saturated heterocycles. The van der Waals surface area contributed by atoms with E-state index >= 15 is 0 Å². The van der Waals surface area contributed by atoms with Gasteiger partial charge in [0.25, 0.3) is 0 Å². The average molecular weight is 852 g/mol. The topological polar surface area (TPSA) is 105 Å². The van der Waals surface area contributed by atoms with Crippen molar-refractivity contribution in [3.05, 3.63) is 48.6 Å². The summed E-state index contributed by atoms with van der Waals surface area (Å²) in [4.78, 5) is 23.2. The molecule has 0 aromatic carbocycles. The predicted octanol–water partition coefficient (Wildman–Crippen LogP) is 14.0. The van der Waals surface area contributed by atoms with Gasteiger partial charge in [-0.15, -0.1) is 0 Å². The first kappa shape index (κ1) is 57.5. The van der Waals surface area contributed by atoms with Crippen molar-refractivity contribution in [1.82, 2.24) is 5.32 Å². The first-order valence-electron chi connectivity index (χ1n) is 24.5. The highest BCUT2D eigenvalue weighted by Crippen LogP contribution is 2.43. The fraction of sp³-hybridized carbons (Fsp3) is 0.820. The Morgan fingerprint density at radius 2 is 0.983 bits per heavy atom. The second-order valence-electron chi connectivity index (χ2n) is 17.8. The standard InChI is InChI=1S/C50H95N2O6P/c1-6-8-10-12-14-16-18-20-22-24-26-28-30-32-34-36-38-40-42-44-50(54)51-48(47-58-59(55,56)57-46-45-52(3,4)5)49(53)43-41-39-37-35-33-31-29-27-25-23-21-19-17-15-13-11-9-7-2/h14,16,20,22,33,35,41,43,48-49,53H,6-13,15,17-19,21,23-32,34,36-40,42,44-47H2,1-5H3,(H-,51,54,55,56)/p+1/b16-14-,22-20-,35-33+,43-41+. The van der Waals surface area contributed by atoms with Gasteiger partial charge in [0.05, 0.1) is 39.9 Å². The summed E-state index contributed by atoms with van der Waals surface area (Å²) in [5.74, 6) is -0.192. The van der Waals surface area contributed by atoms with Crippen LogP contribution in [0.4, 0.5) is 0 Å². The lowest BCUT2D eigenvalue weighted by Gasteiger charge is -2.25. The fourth-order valence-electron chi connectivity index (χ4n) is 6.85. The summed E-state index contributed by atoms with van der Waals surface area (Å²) < 4.78 is 23.6. The number of carbonyl (C=O) groups excluding carboxylic acids is 1. The van der Waals surface area contributed by atoms with E-state index in [9.17, 15) is 19.4 Å². The van der Waals surface area contributed by atoms with E-state index in [2.05, 4.69) is 55.6 Å². The highest BCUT2D eigenvalue weighted by Gasteiger charge is 2.27. The molecule has 0 aliphatic carbocycles. The van der Waals surface area contributed by atoms with Crippen LogP contribution in [0, 0.1) is 0 Å². The molecule has 0 saturated carbocycles. The van der Waals surface area contributed by atoms with Gasteiger partial charge >= 0.3 is 7.82 Å². The van der Waals surface area contributed by atoms with Crippen LogP contribution >= 0.6 is 7.82 Å². The van der Waals surface area contributed by atoms with Gasteiger partial charge in [0.15, 0.2) is 0 Å². The van der Waals surface area contributed by atoms with E-state index in [4.69, 9.17) is 9.05 Å². The van der Waals surface area contributed by atoms with Crippen LogP contribution in [0.5, 0.6) is 0 Å². The molecule has 3 atom stereocenters. The number of nitrogens with one attached hydrogen (secondary N) is 1. The molecule has 0 bridgehead atoms. The number of hydrogen-bond acceptors (Lipinski definition) is 5. The highest BCUT2D eigenvalue weighted by atomic mass is 31.2. The van der Waals surface area contributed by atoms with Crippen LogP contribution in [-0.2, 0) is 18.4 Å². The van der Waals surface area contributed by atoms with Crippen molar-refractivity contribution in [2.75, 3.05) is 40.9 Å². The second kappa shape index (κ2) is 41.8. The average Bonchev–Trinajstić information content (AvgIpc) is 3.19. The summed E-state index contributed by atoms with van der Waals surface area (Å²) in [5, 5.41) is 13.8. The summed E-state index contributed by atoms with van der Waals surface area (Å²) >= 11 is 0. The third kappa shape index (κ3) is 44.3. The molecule has 0 aliphatic rings. The maximum atomic E-state index is 12.9. The number of likely N-dealkylation sites (N-methyl/N-ethyl adjacent to an activating group) is 1. The smallest absolute Gasteiger partial charge is 0.387 e. The van der Waals surface area contributed by atoms with E-state index in [1.54, 1.807) is 6.08 Å². The van der Waals surface area contributed by atoms with Crippen LogP contribution in [0.25, 0.3) is 0 Å². The van der Waals surface area contributed by atoms with Crippen LogP contribution in [0.2, 0.25) is 0 Å². The lowest BCUT2D eigenvalue weighted by Crippen LogP contribution is -2.45. The highest BCUT2D eigenvalue weighted by molar-refractivity contribution is 7.47. The molecule has 59 heavy (non-hydrogen) atoms. The Bertz CT molecular complexity index is 1100. The number of aliphatic hydroxyl groups excluding tert-OH is 1. The largest absolute Gasteiger partial charge is 0.472 e. The number of unbranched alkanes of at least 4 members (excludes halogenated alkanes) is 25. The number of quaternary nitrogens is 1. The second-order valence-corrected chi connectivity index (χ2v) is 19.3. The van der Waals surface area contributed by atoms with Crippen molar-refractivity contribution in [3.63, 3.8) is 0 Å². The molecule has 3 N–H and O–H groups in total. The Hall–Kier alpha value is -1.54. The van der Waals surface area contributed by atoms with E-state index in [0.29, 0.717) is 17.4 Å². The van der Waals surface area contributed by atoms with Crippen molar-refractivity contribution in [1.29, 1.82) is 0 Å². The summed E-state index contributed by atoms with van der Waals surface area (Å²) in [6, 6.07) is -0.866. The van der Waals surface area contributed by atoms with Gasteiger partial charge in [0.2, 0.25) is 5.91 Å². The number of amides is 1. The Kier molecular flexibility index (Phi) is 40.7. The summed E-state index contributed by atoms with van der Waals surface area (Å²) in [7, 11) is 1.55. The lowest BCUT2D eigenvalue weighted by atomic mass is 10.0. The van der Waals surface area contributed by atoms with Crippen LogP contribution in [-0.4, -0.2) is 73.4 Å². The number of carbonyl (C=O) groups is 1. The first-order valence-corrected chi connectivity index (χ1v) is 26.0. The van der Waals surface area contributed by atoms with Crippen molar-refractivity contribution in [2.24, 2.45) is 0 Å². The summed E-state index contributed by atoms with van der Waals surface area (Å²) in [5.41, 5.74) is 0. The lowest BCUT2D eigenvalue weighted by molar-refractivity contribution is -0.870. The van der Waals surface area contributed by atoms with E-state index in [1.165, 1.54) is 148 Å². The molecule has 346 valence electrons. The molecule has 0 heterocycles. The van der Waals surface area contributed by atoms with Crippen molar-refractivity contribution < 1.29 is 32.9 Å². The molecule has 0 rings (SSSR count). The van der Waals surface area contributed by atoms with Crippen LogP contribution in [0.1, 0.15) is 213 Å². The van der Waals surface area contributed by atoms with E-state index < -0.39 is 20.0 Å². The van der Waals surface area contributed by atoms with Crippen LogP contribution in [0.3, 0.4) is 0 Å². The summed E-state index contributed by atoms with van der Waals surface area (Å²) in [6.07, 6.45) is 53.3. The Morgan fingerprint density at radius 1 is 0.576 bits per heavy atom. The zero-order valence-corrected chi connectivity index (χ0v) is 40.1. The molecule has 8 nitrogen and oxygen atoms in total. The predicted molar refractivity (Wildman–Crippen MR) is 254 cm³/mol. The molecule has 0 aromatic heterocycles. The maximum Gasteiger partial charge on any atom is 0.472 e. The molecule has 0 fully saturated rings. The van der Waals surface area contributed by atoms with E-state index in [1.807, 2.05) is 27.2 Å². The molecule has 1 amide bonds. The molecule has 0 aromatic rings. The Balaban J connectivity index is 4.41. The minimum atomic E-state index is -4.35. The van der Waals surface area contributed by atoms with Gasteiger partial charge < -0.3 is 19.8 Å². The monoisotopic (exact) mass is 852 g/mol. The van der Waals surface area contributed by atoms with Crippen molar-refractivity contribution in [2.45, 2.75) is 225 Å². The molecule has 3 unspecified atom stereocenters. The van der Waals surface area contributed by atoms with Crippen molar-refractivity contribution >= 4 is 13.7 Å². The third-order valence-electron chi connectivity index (χ3n) is 10.8. The fourth-order valence-corrected chi connectivity index (χ4v) is 7.59. The minimum Gasteiger partial charge on any atom is -0.387 e. The molecular formula is C50H96N2O6P+. The number of nitrogens with zero attached hydrogens (tertiary/aromatic N) is 1. The third-order valence-corrected chi connectivity index (χ3v) is 11.8. The molecular weight excluding hydrogens is 756 g/mol. The molecule has 0 aliphatic heterocycles. The normalized spacial score (nSPS) is 14.6. The van der Waals surface area contributed by atoms with E-state index in [0.717, 1.165) is 44.9 Å². The Labute approximate surface area is 365 Å². The molecule has 0 spiro atoms. The number of phosphoric ester groups is 1. The van der Waals surface area contributed by atoms with Crippen LogP contribution < -0.4 is 5.32 Å². The SMILES string of the molecule is CCCCC/C=C\C/C=C\CCCCCCCCCCCC(=O)NC(COP(=O)(O)OCC[N+](C)(C)C)C(O)/C=C/CC/C=C/CCCCCCCCCCCCCC. The van der Waals surface area contributed by atoms with E-state index in [-0.39, 0.29) is 19.1 Å². The van der Waals surface area contributed by atoms with Gasteiger partial charge in [0, 0.05) is 6.42 Å². The zero-order valence-electron chi connectivity index (χ0n) is 39.2. The van der Waals surface area contributed by atoms with Gasteiger partial charge in [-0.3, -0.25) is 13.8 Å². The van der Waals surface area contributed by atoms with Gasteiger partial charge in [0.1, 0.15) is 13.2 Å². The van der Waals surface area contributed by atoms with Crippen molar-refractivity contribution in [3.8, 4) is 0 Å². The quantitative estimate of drug-likeness (QED) is 0.0244. The number of phosphoric acid groups is 1. The van der Waals surface area contributed by atoms with Gasteiger partial charge in [-0.05, 0) is 64.2 Å². The van der Waals surface area contributed by atoms with Crippen LogP contribution in [0.15, 0.2) is 48.6 Å². The van der Waals surface area contributed by atoms with Gasteiger partial charge in [-0.1, -0.05) is 191 Å². The molecule has 0 radical (unpaired) electrons. The maximum absolute atomic E-state index is 12.9. The minimum absolute atomic E-state index is 0.0543. The summed E-state index contributed by atoms with van der Waals surface area (Å²) in [6.45, 7) is 4.77. The number of aliphatic hydroxyl groups is 1. The Morgan fingerprint density at radius 3 is 1.49 bits per heavy atom. The first-order chi connectivity index (χ1) is 28.5. The number of hydrogen-bond donors (Lipinski definition) is 3. The molecule has 9 heteroatoms. The number of rotatable bonds is 44. The van der Waals surface area contributed by atoms with Gasteiger partial charge in [-0.25, -0.2) is 4.57 Å². The number of allylic oxidation sites excluding steroid dienone is 7.